The molecule has 0 aliphatic heterocycles. The molecule has 0 amide bonds. The van der Waals surface area contributed by atoms with Gasteiger partial charge in [0, 0.05) is 6.20 Å². The van der Waals surface area contributed by atoms with E-state index >= 15 is 0 Å². The van der Waals surface area contributed by atoms with Gasteiger partial charge < -0.3 is 4.84 Å². The molecule has 0 saturated heterocycles. The SMILES string of the molecule is CCOn1cnc2nccn21. The second-order valence-corrected chi connectivity index (χ2v) is 2.04. The van der Waals surface area contributed by atoms with Crippen molar-refractivity contribution in [3.63, 3.8) is 0 Å². The summed E-state index contributed by atoms with van der Waals surface area (Å²) in [5, 5.41) is 0. The molecular weight excluding hydrogens is 144 g/mol. The predicted molar refractivity (Wildman–Crippen MR) is 38.1 cm³/mol. The van der Waals surface area contributed by atoms with Crippen LogP contribution in [0.15, 0.2) is 18.7 Å². The van der Waals surface area contributed by atoms with Crippen molar-refractivity contribution in [3.8, 4) is 0 Å². The molecule has 58 valence electrons. The lowest BCUT2D eigenvalue weighted by atomic mass is 10.9. The molecule has 0 aliphatic rings. The highest BCUT2D eigenvalue weighted by Gasteiger charge is 1.99. The smallest absolute Gasteiger partial charge is 0.253 e. The Morgan fingerprint density at radius 2 is 2.45 bits per heavy atom. The third-order valence-electron chi connectivity index (χ3n) is 1.35. The third kappa shape index (κ3) is 0.849. The lowest BCUT2D eigenvalue weighted by Gasteiger charge is -2.01. The first-order chi connectivity index (χ1) is 5.42. The minimum absolute atomic E-state index is 0.615. The Bertz CT molecular complexity index is 350. The summed E-state index contributed by atoms with van der Waals surface area (Å²) in [6, 6.07) is 0. The molecule has 2 aromatic heterocycles. The standard InChI is InChI=1S/C6H8N4O/c1-2-11-10-5-8-6-7-3-4-9(6)10/h3-5H,2H2,1H3. The minimum atomic E-state index is 0.615. The van der Waals surface area contributed by atoms with E-state index in [0.717, 1.165) is 0 Å². The Labute approximate surface area is 63.2 Å². The third-order valence-corrected chi connectivity index (χ3v) is 1.35. The van der Waals surface area contributed by atoms with Gasteiger partial charge in [0.2, 0.25) is 0 Å². The largest absolute Gasteiger partial charge is 0.397 e. The molecule has 0 radical (unpaired) electrons. The maximum Gasteiger partial charge on any atom is 0.253 e. The summed E-state index contributed by atoms with van der Waals surface area (Å²) in [7, 11) is 0. The molecule has 0 unspecified atom stereocenters. The fourth-order valence-corrected chi connectivity index (χ4v) is 0.920. The van der Waals surface area contributed by atoms with Crippen LogP contribution in [0, 0.1) is 0 Å². The minimum Gasteiger partial charge on any atom is -0.397 e. The van der Waals surface area contributed by atoms with Gasteiger partial charge in [-0.2, -0.15) is 9.50 Å². The van der Waals surface area contributed by atoms with Gasteiger partial charge in [-0.15, -0.1) is 4.85 Å². The van der Waals surface area contributed by atoms with Crippen LogP contribution in [0.1, 0.15) is 6.92 Å². The van der Waals surface area contributed by atoms with Crippen molar-refractivity contribution in [2.24, 2.45) is 0 Å². The number of nitrogens with zero attached hydrogens (tertiary/aromatic N) is 4. The highest BCUT2D eigenvalue weighted by molar-refractivity contribution is 5.23. The molecule has 2 aromatic rings. The van der Waals surface area contributed by atoms with Gasteiger partial charge in [-0.3, -0.25) is 0 Å². The average molecular weight is 152 g/mol. The number of hydrogen-bond donors (Lipinski definition) is 0. The highest BCUT2D eigenvalue weighted by atomic mass is 16.7. The van der Waals surface area contributed by atoms with Crippen molar-refractivity contribution in [3.05, 3.63) is 18.7 Å². The first-order valence-electron chi connectivity index (χ1n) is 3.42. The monoisotopic (exact) mass is 152 g/mol. The van der Waals surface area contributed by atoms with E-state index < -0.39 is 0 Å². The Morgan fingerprint density at radius 1 is 1.55 bits per heavy atom. The van der Waals surface area contributed by atoms with Crippen molar-refractivity contribution >= 4 is 5.78 Å². The molecule has 5 nitrogen and oxygen atoms in total. The van der Waals surface area contributed by atoms with E-state index in [-0.39, 0.29) is 0 Å². The molecule has 0 atom stereocenters. The molecule has 0 saturated carbocycles. The van der Waals surface area contributed by atoms with Crippen LogP contribution in [0.25, 0.3) is 5.78 Å². The fourth-order valence-electron chi connectivity index (χ4n) is 0.920. The van der Waals surface area contributed by atoms with Crippen LogP contribution in [0.3, 0.4) is 0 Å². The fraction of sp³-hybridized carbons (Fsp3) is 0.333. The van der Waals surface area contributed by atoms with E-state index in [1.165, 1.54) is 0 Å². The highest BCUT2D eigenvalue weighted by Crippen LogP contribution is 1.94. The zero-order valence-electron chi connectivity index (χ0n) is 6.14. The number of fused-ring (bicyclic) bond motifs is 1. The quantitative estimate of drug-likeness (QED) is 0.607. The summed E-state index contributed by atoms with van der Waals surface area (Å²) in [5.41, 5.74) is 0. The molecule has 0 aromatic carbocycles. The summed E-state index contributed by atoms with van der Waals surface area (Å²) >= 11 is 0. The van der Waals surface area contributed by atoms with E-state index in [4.69, 9.17) is 4.84 Å². The molecule has 11 heavy (non-hydrogen) atoms. The van der Waals surface area contributed by atoms with Crippen LogP contribution in [0.4, 0.5) is 0 Å². The van der Waals surface area contributed by atoms with Crippen LogP contribution in [-0.4, -0.2) is 25.9 Å². The van der Waals surface area contributed by atoms with Gasteiger partial charge in [0.05, 0.1) is 6.20 Å². The van der Waals surface area contributed by atoms with Gasteiger partial charge >= 0.3 is 0 Å². The average Bonchev–Trinajstić information content (AvgIpc) is 2.53. The summed E-state index contributed by atoms with van der Waals surface area (Å²) in [6.45, 7) is 2.53. The van der Waals surface area contributed by atoms with E-state index in [0.29, 0.717) is 12.4 Å². The number of hydrogen-bond acceptors (Lipinski definition) is 3. The number of imidazole rings is 1. The van der Waals surface area contributed by atoms with Crippen LogP contribution in [-0.2, 0) is 0 Å². The van der Waals surface area contributed by atoms with Crippen molar-refractivity contribution in [1.29, 1.82) is 0 Å². The van der Waals surface area contributed by atoms with Gasteiger partial charge in [-0.25, -0.2) is 4.98 Å². The second kappa shape index (κ2) is 2.26. The maximum atomic E-state index is 5.19. The van der Waals surface area contributed by atoms with Gasteiger partial charge in [-0.05, 0) is 6.92 Å². The zero-order valence-corrected chi connectivity index (χ0v) is 6.14. The van der Waals surface area contributed by atoms with Crippen molar-refractivity contribution < 1.29 is 4.84 Å². The van der Waals surface area contributed by atoms with Gasteiger partial charge in [0.1, 0.15) is 6.61 Å². The predicted octanol–water partition coefficient (Wildman–Crippen LogP) is -0.0207. The summed E-state index contributed by atoms with van der Waals surface area (Å²) in [4.78, 5) is 14.7. The molecule has 5 heteroatoms. The van der Waals surface area contributed by atoms with E-state index in [9.17, 15) is 0 Å². The molecule has 0 aliphatic carbocycles. The Balaban J connectivity index is 2.51. The van der Waals surface area contributed by atoms with Gasteiger partial charge in [-0.1, -0.05) is 0 Å². The van der Waals surface area contributed by atoms with Gasteiger partial charge in [0.25, 0.3) is 5.78 Å². The first-order valence-corrected chi connectivity index (χ1v) is 3.42. The van der Waals surface area contributed by atoms with Gasteiger partial charge in [0.15, 0.2) is 6.33 Å². The Morgan fingerprint density at radius 3 is 3.27 bits per heavy atom. The van der Waals surface area contributed by atoms with Crippen LogP contribution < -0.4 is 4.84 Å². The number of aromatic nitrogens is 4. The molecule has 0 spiro atoms. The molecule has 0 bridgehead atoms. The van der Waals surface area contributed by atoms with Crippen molar-refractivity contribution in [1.82, 2.24) is 19.3 Å². The molecule has 0 N–H and O–H groups in total. The zero-order chi connectivity index (χ0) is 7.68. The summed E-state index contributed by atoms with van der Waals surface area (Å²) < 4.78 is 1.73. The van der Waals surface area contributed by atoms with Crippen LogP contribution in [0.2, 0.25) is 0 Å². The van der Waals surface area contributed by atoms with Crippen molar-refractivity contribution in [2.75, 3.05) is 6.61 Å². The first kappa shape index (κ1) is 6.21. The Hall–Kier alpha value is -1.52. The summed E-state index contributed by atoms with van der Waals surface area (Å²) in [6.07, 6.45) is 5.06. The summed E-state index contributed by atoms with van der Waals surface area (Å²) in [5.74, 6) is 0.651. The van der Waals surface area contributed by atoms with E-state index in [1.807, 2.05) is 6.92 Å². The molecule has 2 rings (SSSR count). The molecule has 2 heterocycles. The normalized spacial score (nSPS) is 10.6. The second-order valence-electron chi connectivity index (χ2n) is 2.04. The van der Waals surface area contributed by atoms with Crippen LogP contribution >= 0.6 is 0 Å². The van der Waals surface area contributed by atoms with Crippen LogP contribution in [0.5, 0.6) is 0 Å². The topological polar surface area (TPSA) is 44.3 Å². The lowest BCUT2D eigenvalue weighted by molar-refractivity contribution is 0.0833. The van der Waals surface area contributed by atoms with E-state index in [1.54, 1.807) is 28.1 Å². The van der Waals surface area contributed by atoms with Crippen molar-refractivity contribution in [2.45, 2.75) is 6.92 Å². The van der Waals surface area contributed by atoms with E-state index in [2.05, 4.69) is 9.97 Å². The molecule has 0 fully saturated rings. The molecular formula is C6H8N4O. The lowest BCUT2D eigenvalue weighted by Crippen LogP contribution is -2.14. The number of rotatable bonds is 2. The Kier molecular flexibility index (Phi) is 1.28. The maximum absolute atomic E-state index is 5.19.